The molecule has 2 amide bonds. The van der Waals surface area contributed by atoms with E-state index in [4.69, 9.17) is 11.6 Å². The van der Waals surface area contributed by atoms with Gasteiger partial charge in [-0.3, -0.25) is 4.79 Å². The van der Waals surface area contributed by atoms with E-state index in [0.717, 1.165) is 27.6 Å². The van der Waals surface area contributed by atoms with Crippen LogP contribution < -0.4 is 10.9 Å². The number of nitrogens with one attached hydrogen (secondary N) is 2. The molecule has 0 aliphatic carbocycles. The van der Waals surface area contributed by atoms with E-state index < -0.39 is 0 Å². The number of aromatic nitrogens is 1. The van der Waals surface area contributed by atoms with Gasteiger partial charge in [0.2, 0.25) is 0 Å². The summed E-state index contributed by atoms with van der Waals surface area (Å²) in [7, 11) is 0. The summed E-state index contributed by atoms with van der Waals surface area (Å²) in [6.45, 7) is 6.71. The van der Waals surface area contributed by atoms with Crippen molar-refractivity contribution >= 4 is 34.2 Å². The first kappa shape index (κ1) is 23.6. The number of anilines is 1. The zero-order valence-electron chi connectivity index (χ0n) is 19.6. The van der Waals surface area contributed by atoms with Gasteiger partial charge in [-0.05, 0) is 74.2 Å². The molecule has 34 heavy (non-hydrogen) atoms. The SMILES string of the molecule is Cc1cccc(CCN(Cc2cc3c(C)ccc(C)c3[nH]c2=O)C(=O)Nc2ccc(Cl)cc2)c1. The predicted octanol–water partition coefficient (Wildman–Crippen LogP) is 6.38. The monoisotopic (exact) mass is 473 g/mol. The highest BCUT2D eigenvalue weighted by molar-refractivity contribution is 6.30. The van der Waals surface area contributed by atoms with Crippen LogP contribution in [0.2, 0.25) is 5.02 Å². The highest BCUT2D eigenvalue weighted by atomic mass is 35.5. The molecule has 1 heterocycles. The summed E-state index contributed by atoms with van der Waals surface area (Å²) in [6.07, 6.45) is 0.680. The normalized spacial score (nSPS) is 10.9. The molecule has 2 N–H and O–H groups in total. The summed E-state index contributed by atoms with van der Waals surface area (Å²) in [6, 6.07) is 20.9. The van der Waals surface area contributed by atoms with E-state index in [1.807, 2.05) is 51.1 Å². The van der Waals surface area contributed by atoms with Gasteiger partial charge in [0.1, 0.15) is 0 Å². The Balaban J connectivity index is 1.63. The van der Waals surface area contributed by atoms with E-state index in [0.29, 0.717) is 29.2 Å². The maximum atomic E-state index is 13.3. The molecule has 0 atom stereocenters. The van der Waals surface area contributed by atoms with Crippen LogP contribution in [0.1, 0.15) is 27.8 Å². The Labute approximate surface area is 204 Å². The summed E-state index contributed by atoms with van der Waals surface area (Å²) in [4.78, 5) is 30.9. The number of H-pyrrole nitrogens is 1. The molecule has 3 aromatic carbocycles. The van der Waals surface area contributed by atoms with Crippen LogP contribution in [0.3, 0.4) is 0 Å². The Kier molecular flexibility index (Phi) is 7.03. The number of urea groups is 1. The Hall–Kier alpha value is -3.57. The lowest BCUT2D eigenvalue weighted by atomic mass is 10.0. The molecule has 174 valence electrons. The first-order chi connectivity index (χ1) is 16.3. The summed E-state index contributed by atoms with van der Waals surface area (Å²) >= 11 is 5.98. The molecule has 4 aromatic rings. The third-order valence-electron chi connectivity index (χ3n) is 6.02. The van der Waals surface area contributed by atoms with Gasteiger partial charge in [0.05, 0.1) is 12.1 Å². The van der Waals surface area contributed by atoms with Gasteiger partial charge in [-0.2, -0.15) is 0 Å². The van der Waals surface area contributed by atoms with Gasteiger partial charge in [0.25, 0.3) is 5.56 Å². The predicted molar refractivity (Wildman–Crippen MR) is 140 cm³/mol. The van der Waals surface area contributed by atoms with Crippen molar-refractivity contribution in [2.24, 2.45) is 0 Å². The van der Waals surface area contributed by atoms with E-state index in [9.17, 15) is 9.59 Å². The molecule has 0 saturated carbocycles. The van der Waals surface area contributed by atoms with Crippen LogP contribution in [0.15, 0.2) is 71.5 Å². The first-order valence-corrected chi connectivity index (χ1v) is 11.7. The second-order valence-corrected chi connectivity index (χ2v) is 9.15. The highest BCUT2D eigenvalue weighted by Gasteiger charge is 2.17. The fraction of sp³-hybridized carbons (Fsp3) is 0.214. The molecule has 4 rings (SSSR count). The maximum absolute atomic E-state index is 13.3. The molecule has 0 aliphatic heterocycles. The Morgan fingerprint density at radius 2 is 1.71 bits per heavy atom. The molecule has 0 bridgehead atoms. The highest BCUT2D eigenvalue weighted by Crippen LogP contribution is 2.21. The van der Waals surface area contributed by atoms with E-state index in [-0.39, 0.29) is 18.1 Å². The standard InChI is InChI=1S/C28H28ClN3O2/c1-18-5-4-6-21(15-18)13-14-32(28(34)30-24-11-9-23(29)10-12-24)17-22-16-25-19(2)7-8-20(3)26(25)31-27(22)33/h4-12,15-16H,13-14,17H2,1-3H3,(H,30,34)(H,31,33). The lowest BCUT2D eigenvalue weighted by Crippen LogP contribution is -2.37. The summed E-state index contributed by atoms with van der Waals surface area (Å²) in [5.74, 6) is 0. The van der Waals surface area contributed by atoms with Crippen LogP contribution in [0.25, 0.3) is 10.9 Å². The molecular weight excluding hydrogens is 446 g/mol. The quantitative estimate of drug-likeness (QED) is 0.341. The smallest absolute Gasteiger partial charge is 0.321 e. The minimum Gasteiger partial charge on any atom is -0.321 e. The number of amides is 2. The maximum Gasteiger partial charge on any atom is 0.322 e. The molecule has 1 aromatic heterocycles. The number of fused-ring (bicyclic) bond motifs is 1. The molecule has 0 saturated heterocycles. The average Bonchev–Trinajstić information content (AvgIpc) is 2.81. The first-order valence-electron chi connectivity index (χ1n) is 11.3. The number of rotatable bonds is 6. The van der Waals surface area contributed by atoms with Gasteiger partial charge >= 0.3 is 6.03 Å². The summed E-state index contributed by atoms with van der Waals surface area (Å²) in [5.41, 5.74) is 6.27. The number of aromatic amines is 1. The van der Waals surface area contributed by atoms with Gasteiger partial charge < -0.3 is 15.2 Å². The molecule has 6 heteroatoms. The van der Waals surface area contributed by atoms with E-state index in [2.05, 4.69) is 22.4 Å². The van der Waals surface area contributed by atoms with Crippen molar-refractivity contribution in [3.05, 3.63) is 110 Å². The van der Waals surface area contributed by atoms with Crippen molar-refractivity contribution in [3.63, 3.8) is 0 Å². The average molecular weight is 474 g/mol. The Morgan fingerprint density at radius 1 is 0.971 bits per heavy atom. The number of hydrogen-bond acceptors (Lipinski definition) is 2. The van der Waals surface area contributed by atoms with E-state index in [1.165, 1.54) is 5.56 Å². The van der Waals surface area contributed by atoms with Crippen molar-refractivity contribution in [2.45, 2.75) is 33.7 Å². The molecule has 5 nitrogen and oxygen atoms in total. The van der Waals surface area contributed by atoms with Gasteiger partial charge in [-0.15, -0.1) is 0 Å². The van der Waals surface area contributed by atoms with Crippen molar-refractivity contribution in [2.75, 3.05) is 11.9 Å². The second kappa shape index (κ2) is 10.1. The van der Waals surface area contributed by atoms with E-state index >= 15 is 0 Å². The molecule has 0 radical (unpaired) electrons. The van der Waals surface area contributed by atoms with Crippen LogP contribution in [0.5, 0.6) is 0 Å². The zero-order chi connectivity index (χ0) is 24.2. The minimum atomic E-state index is -0.268. The molecular formula is C28H28ClN3O2. The largest absolute Gasteiger partial charge is 0.322 e. The fourth-order valence-corrected chi connectivity index (χ4v) is 4.19. The second-order valence-electron chi connectivity index (χ2n) is 8.71. The molecule has 0 fully saturated rings. The number of pyridine rings is 1. The van der Waals surface area contributed by atoms with Crippen LogP contribution in [-0.4, -0.2) is 22.5 Å². The molecule has 0 unspecified atom stereocenters. The van der Waals surface area contributed by atoms with Crippen LogP contribution in [0, 0.1) is 20.8 Å². The van der Waals surface area contributed by atoms with Gasteiger partial charge in [0, 0.05) is 28.2 Å². The number of carbonyl (C=O) groups excluding carboxylic acids is 1. The zero-order valence-corrected chi connectivity index (χ0v) is 20.4. The molecule has 0 spiro atoms. The van der Waals surface area contributed by atoms with Gasteiger partial charge in [0.15, 0.2) is 0 Å². The Bertz CT molecular complexity index is 1390. The topological polar surface area (TPSA) is 65.2 Å². The number of nitrogens with zero attached hydrogens (tertiary/aromatic N) is 1. The van der Waals surface area contributed by atoms with Gasteiger partial charge in [-0.1, -0.05) is 53.6 Å². The van der Waals surface area contributed by atoms with Crippen LogP contribution in [-0.2, 0) is 13.0 Å². The third-order valence-corrected chi connectivity index (χ3v) is 6.27. The summed E-state index contributed by atoms with van der Waals surface area (Å²) < 4.78 is 0. The lowest BCUT2D eigenvalue weighted by molar-refractivity contribution is 0.209. The number of aryl methyl sites for hydroxylation is 3. The lowest BCUT2D eigenvalue weighted by Gasteiger charge is -2.23. The Morgan fingerprint density at radius 3 is 2.44 bits per heavy atom. The summed E-state index contributed by atoms with van der Waals surface area (Å²) in [5, 5.41) is 4.52. The van der Waals surface area contributed by atoms with Crippen molar-refractivity contribution in [1.82, 2.24) is 9.88 Å². The van der Waals surface area contributed by atoms with Crippen LogP contribution >= 0.6 is 11.6 Å². The molecule has 0 aliphatic rings. The minimum absolute atomic E-state index is 0.180. The van der Waals surface area contributed by atoms with Gasteiger partial charge in [-0.25, -0.2) is 4.79 Å². The third kappa shape index (κ3) is 5.49. The number of hydrogen-bond donors (Lipinski definition) is 2. The van der Waals surface area contributed by atoms with E-state index in [1.54, 1.807) is 29.2 Å². The van der Waals surface area contributed by atoms with Crippen molar-refractivity contribution in [1.29, 1.82) is 0 Å². The fourth-order valence-electron chi connectivity index (χ4n) is 4.06. The number of carbonyl (C=O) groups is 1. The van der Waals surface area contributed by atoms with Crippen LogP contribution in [0.4, 0.5) is 10.5 Å². The number of benzene rings is 3. The van der Waals surface area contributed by atoms with Crippen molar-refractivity contribution in [3.8, 4) is 0 Å². The number of halogens is 1. The van der Waals surface area contributed by atoms with Crippen molar-refractivity contribution < 1.29 is 4.79 Å².